The summed E-state index contributed by atoms with van der Waals surface area (Å²) < 4.78 is 0. The van der Waals surface area contributed by atoms with Gasteiger partial charge in [0, 0.05) is 13.1 Å². The molecule has 3 rings (SSSR count). The van der Waals surface area contributed by atoms with E-state index in [1.165, 1.54) is 0 Å². The lowest BCUT2D eigenvalue weighted by atomic mass is 10.1. The third-order valence-electron chi connectivity index (χ3n) is 3.20. The number of nitrogens with two attached hydrogens (primary N) is 1. The monoisotopic (exact) mass is 265 g/mol. The summed E-state index contributed by atoms with van der Waals surface area (Å²) in [6, 6.07) is 2.03. The van der Waals surface area contributed by atoms with Gasteiger partial charge in [-0.1, -0.05) is 0 Å². The second kappa shape index (κ2) is 4.68. The molecule has 2 aromatic rings. The summed E-state index contributed by atoms with van der Waals surface area (Å²) in [5, 5.41) is 12.6. The molecule has 0 aromatic carbocycles. The molecule has 96 valence electrons. The van der Waals surface area contributed by atoms with E-state index >= 15 is 0 Å². The van der Waals surface area contributed by atoms with E-state index in [0.717, 1.165) is 42.0 Å². The summed E-state index contributed by atoms with van der Waals surface area (Å²) in [4.78, 5) is 11.9. The number of anilines is 2. The molecule has 1 aliphatic heterocycles. The highest BCUT2D eigenvalue weighted by Crippen LogP contribution is 2.30. The first-order valence-corrected chi connectivity index (χ1v) is 6.81. The standard InChI is InChI=1S/C11H15N5OS/c12-15-11-13-9(8-3-6-18-10(8)14-11)16-4-1-7(17)2-5-16/h3,6-7,17H,1-2,4-5,12H2,(H,13,14,15). The molecule has 18 heavy (non-hydrogen) atoms. The van der Waals surface area contributed by atoms with Gasteiger partial charge < -0.3 is 10.0 Å². The molecule has 0 radical (unpaired) electrons. The molecule has 3 heterocycles. The number of hydrazine groups is 1. The van der Waals surface area contributed by atoms with Crippen molar-refractivity contribution in [1.29, 1.82) is 0 Å². The number of nitrogens with zero attached hydrogens (tertiary/aromatic N) is 3. The van der Waals surface area contributed by atoms with E-state index in [1.54, 1.807) is 11.3 Å². The number of aromatic nitrogens is 2. The lowest BCUT2D eigenvalue weighted by Gasteiger charge is -2.31. The van der Waals surface area contributed by atoms with Crippen LogP contribution in [0, 0.1) is 0 Å². The minimum absolute atomic E-state index is 0.187. The van der Waals surface area contributed by atoms with Crippen LogP contribution in [0.4, 0.5) is 11.8 Å². The van der Waals surface area contributed by atoms with E-state index < -0.39 is 0 Å². The van der Waals surface area contributed by atoms with Gasteiger partial charge in [0.05, 0.1) is 11.5 Å². The molecule has 2 aromatic heterocycles. The zero-order valence-corrected chi connectivity index (χ0v) is 10.7. The van der Waals surface area contributed by atoms with Gasteiger partial charge in [0.2, 0.25) is 5.95 Å². The van der Waals surface area contributed by atoms with Crippen molar-refractivity contribution in [3.05, 3.63) is 11.4 Å². The quantitative estimate of drug-likeness (QED) is 0.553. The molecular formula is C11H15N5OS. The Morgan fingerprint density at radius 3 is 2.89 bits per heavy atom. The van der Waals surface area contributed by atoms with Crippen molar-refractivity contribution in [1.82, 2.24) is 9.97 Å². The molecule has 1 aliphatic rings. The predicted octanol–water partition coefficient (Wildman–Crippen LogP) is 0.938. The van der Waals surface area contributed by atoms with Crippen molar-refractivity contribution in [2.45, 2.75) is 18.9 Å². The van der Waals surface area contributed by atoms with E-state index in [4.69, 9.17) is 5.84 Å². The molecule has 1 saturated heterocycles. The molecule has 0 amide bonds. The topological polar surface area (TPSA) is 87.3 Å². The Labute approximate surface area is 108 Å². The fourth-order valence-corrected chi connectivity index (χ4v) is 2.98. The Morgan fingerprint density at radius 1 is 1.39 bits per heavy atom. The number of nitrogens with one attached hydrogen (secondary N) is 1. The van der Waals surface area contributed by atoms with Crippen LogP contribution < -0.4 is 16.2 Å². The Morgan fingerprint density at radius 2 is 2.17 bits per heavy atom. The second-order valence-corrected chi connectivity index (χ2v) is 5.27. The van der Waals surface area contributed by atoms with Crippen LogP contribution in [0.15, 0.2) is 11.4 Å². The number of aliphatic hydroxyl groups is 1. The Hall–Kier alpha value is -1.44. The molecular weight excluding hydrogens is 250 g/mol. The highest BCUT2D eigenvalue weighted by molar-refractivity contribution is 7.16. The molecule has 0 spiro atoms. The molecule has 0 bridgehead atoms. The van der Waals surface area contributed by atoms with Crippen molar-refractivity contribution in [2.75, 3.05) is 23.4 Å². The van der Waals surface area contributed by atoms with Gasteiger partial charge in [-0.25, -0.2) is 10.8 Å². The SMILES string of the molecule is NNc1nc(N2CCC(O)CC2)c2ccsc2n1. The Bertz CT molecular complexity index is 549. The van der Waals surface area contributed by atoms with Crippen LogP contribution in [0.5, 0.6) is 0 Å². The lowest BCUT2D eigenvalue weighted by Crippen LogP contribution is -2.36. The molecule has 0 unspecified atom stereocenters. The first-order chi connectivity index (χ1) is 8.78. The number of nitrogen functional groups attached to an aromatic ring is 1. The van der Waals surface area contributed by atoms with Gasteiger partial charge in [0.1, 0.15) is 10.6 Å². The van der Waals surface area contributed by atoms with Crippen molar-refractivity contribution in [3.8, 4) is 0 Å². The number of rotatable bonds is 2. The van der Waals surface area contributed by atoms with Gasteiger partial charge in [-0.15, -0.1) is 11.3 Å². The fraction of sp³-hybridized carbons (Fsp3) is 0.455. The molecule has 4 N–H and O–H groups in total. The summed E-state index contributed by atoms with van der Waals surface area (Å²) >= 11 is 1.57. The fourth-order valence-electron chi connectivity index (χ4n) is 2.22. The summed E-state index contributed by atoms with van der Waals surface area (Å²) in [5.41, 5.74) is 2.51. The number of thiophene rings is 1. The van der Waals surface area contributed by atoms with E-state index in [0.29, 0.717) is 5.95 Å². The number of piperidine rings is 1. The zero-order chi connectivity index (χ0) is 12.5. The van der Waals surface area contributed by atoms with Gasteiger partial charge in [-0.05, 0) is 24.3 Å². The predicted molar refractivity (Wildman–Crippen MR) is 72.7 cm³/mol. The maximum Gasteiger partial charge on any atom is 0.240 e. The van der Waals surface area contributed by atoms with E-state index in [-0.39, 0.29) is 6.10 Å². The van der Waals surface area contributed by atoms with Crippen molar-refractivity contribution in [2.24, 2.45) is 5.84 Å². The van der Waals surface area contributed by atoms with Crippen LogP contribution in [-0.2, 0) is 0 Å². The third-order valence-corrected chi connectivity index (χ3v) is 4.00. The number of hydrogen-bond acceptors (Lipinski definition) is 7. The van der Waals surface area contributed by atoms with Crippen LogP contribution in [0.1, 0.15) is 12.8 Å². The average molecular weight is 265 g/mol. The Balaban J connectivity index is 2.01. The van der Waals surface area contributed by atoms with Crippen LogP contribution in [0.3, 0.4) is 0 Å². The maximum absolute atomic E-state index is 9.56. The Kier molecular flexibility index (Phi) is 3.02. The molecule has 0 saturated carbocycles. The highest BCUT2D eigenvalue weighted by atomic mass is 32.1. The van der Waals surface area contributed by atoms with Crippen LogP contribution in [0.25, 0.3) is 10.2 Å². The molecule has 7 heteroatoms. The average Bonchev–Trinajstić information content (AvgIpc) is 2.86. The molecule has 6 nitrogen and oxygen atoms in total. The summed E-state index contributed by atoms with van der Waals surface area (Å²) in [7, 11) is 0. The van der Waals surface area contributed by atoms with Crippen LogP contribution in [-0.4, -0.2) is 34.3 Å². The van der Waals surface area contributed by atoms with Crippen LogP contribution in [0.2, 0.25) is 0 Å². The maximum atomic E-state index is 9.56. The summed E-state index contributed by atoms with van der Waals surface area (Å²) in [6.45, 7) is 1.63. The van der Waals surface area contributed by atoms with Crippen molar-refractivity contribution >= 4 is 33.3 Å². The number of fused-ring (bicyclic) bond motifs is 1. The largest absolute Gasteiger partial charge is 0.393 e. The van der Waals surface area contributed by atoms with Gasteiger partial charge >= 0.3 is 0 Å². The minimum atomic E-state index is -0.187. The highest BCUT2D eigenvalue weighted by Gasteiger charge is 2.21. The molecule has 0 aliphatic carbocycles. The van der Waals surface area contributed by atoms with E-state index in [1.807, 2.05) is 11.4 Å². The summed E-state index contributed by atoms with van der Waals surface area (Å²) in [6.07, 6.45) is 1.37. The van der Waals surface area contributed by atoms with Crippen molar-refractivity contribution < 1.29 is 5.11 Å². The first kappa shape index (κ1) is 11.6. The van der Waals surface area contributed by atoms with Gasteiger partial charge in [-0.2, -0.15) is 4.98 Å². The van der Waals surface area contributed by atoms with E-state index in [2.05, 4.69) is 20.3 Å². The van der Waals surface area contributed by atoms with Gasteiger partial charge in [0.25, 0.3) is 0 Å². The lowest BCUT2D eigenvalue weighted by molar-refractivity contribution is 0.145. The minimum Gasteiger partial charge on any atom is -0.393 e. The van der Waals surface area contributed by atoms with Gasteiger partial charge in [0.15, 0.2) is 0 Å². The van der Waals surface area contributed by atoms with E-state index in [9.17, 15) is 5.11 Å². The zero-order valence-electron chi connectivity index (χ0n) is 9.83. The third kappa shape index (κ3) is 2.00. The first-order valence-electron chi connectivity index (χ1n) is 5.93. The second-order valence-electron chi connectivity index (χ2n) is 4.37. The summed E-state index contributed by atoms with van der Waals surface area (Å²) in [5.74, 6) is 6.74. The van der Waals surface area contributed by atoms with Crippen LogP contribution >= 0.6 is 11.3 Å². The van der Waals surface area contributed by atoms with Crippen molar-refractivity contribution in [3.63, 3.8) is 0 Å². The van der Waals surface area contributed by atoms with Gasteiger partial charge in [-0.3, -0.25) is 5.43 Å². The number of aliphatic hydroxyl groups excluding tert-OH is 1. The number of hydrogen-bond donors (Lipinski definition) is 3. The molecule has 0 atom stereocenters. The normalized spacial score (nSPS) is 17.3. The molecule has 1 fully saturated rings. The smallest absolute Gasteiger partial charge is 0.240 e.